The molecule has 0 aliphatic heterocycles. The summed E-state index contributed by atoms with van der Waals surface area (Å²) in [6.07, 6.45) is 7.86. The van der Waals surface area contributed by atoms with Crippen LogP contribution < -0.4 is 4.74 Å². The van der Waals surface area contributed by atoms with Crippen molar-refractivity contribution in [3.05, 3.63) is 18.1 Å². The van der Waals surface area contributed by atoms with Gasteiger partial charge in [0.05, 0.1) is 26.1 Å². The van der Waals surface area contributed by atoms with Crippen LogP contribution in [0.3, 0.4) is 0 Å². The highest BCUT2D eigenvalue weighted by atomic mass is 16.5. The Labute approximate surface area is 100 Å². The van der Waals surface area contributed by atoms with E-state index in [2.05, 4.69) is 14.7 Å². The Balaban J connectivity index is 1.78. The number of rotatable bonds is 5. The first-order chi connectivity index (χ1) is 8.29. The first-order valence-electron chi connectivity index (χ1n) is 5.83. The van der Waals surface area contributed by atoms with Crippen LogP contribution in [0.5, 0.6) is 5.88 Å². The summed E-state index contributed by atoms with van der Waals surface area (Å²) >= 11 is 0. The maximum Gasteiger partial charge on any atom is 0.358 e. The van der Waals surface area contributed by atoms with E-state index in [-0.39, 0.29) is 5.69 Å². The Morgan fingerprint density at radius 2 is 2.24 bits per heavy atom. The molecule has 1 aromatic heterocycles. The molecule has 5 heteroatoms. The molecule has 0 spiro atoms. The summed E-state index contributed by atoms with van der Waals surface area (Å²) < 4.78 is 9.98. The molecule has 0 saturated heterocycles. The minimum Gasteiger partial charge on any atom is -0.477 e. The lowest BCUT2D eigenvalue weighted by Crippen LogP contribution is -2.15. The van der Waals surface area contributed by atoms with Crippen LogP contribution in [0.25, 0.3) is 0 Å². The molecule has 2 rings (SSSR count). The van der Waals surface area contributed by atoms with E-state index in [9.17, 15) is 4.79 Å². The van der Waals surface area contributed by atoms with E-state index in [0.29, 0.717) is 12.5 Å². The van der Waals surface area contributed by atoms with Gasteiger partial charge in [-0.2, -0.15) is 0 Å². The number of methoxy groups -OCH3 is 1. The average Bonchev–Trinajstić information content (AvgIpc) is 2.32. The number of carbonyl (C=O) groups excluding carboxylic acids is 1. The van der Waals surface area contributed by atoms with Gasteiger partial charge < -0.3 is 9.47 Å². The fourth-order valence-corrected chi connectivity index (χ4v) is 1.71. The molecule has 0 unspecified atom stereocenters. The largest absolute Gasteiger partial charge is 0.477 e. The summed E-state index contributed by atoms with van der Waals surface area (Å²) in [4.78, 5) is 19.0. The molecule has 0 bridgehead atoms. The van der Waals surface area contributed by atoms with Gasteiger partial charge in [-0.05, 0) is 12.3 Å². The van der Waals surface area contributed by atoms with Crippen LogP contribution in [-0.2, 0) is 4.74 Å². The van der Waals surface area contributed by atoms with Crippen molar-refractivity contribution in [2.24, 2.45) is 5.92 Å². The van der Waals surface area contributed by atoms with Gasteiger partial charge in [0, 0.05) is 0 Å². The van der Waals surface area contributed by atoms with Gasteiger partial charge in [-0.15, -0.1) is 0 Å². The molecule has 1 aliphatic rings. The standard InChI is InChI=1S/C12H16N2O3/c1-16-12(15)10-7-14-11(8-13-10)17-6-5-9-3-2-4-9/h7-9H,2-6H2,1H3. The number of ether oxygens (including phenoxy) is 2. The van der Waals surface area contributed by atoms with Gasteiger partial charge in [-0.25, -0.2) is 14.8 Å². The van der Waals surface area contributed by atoms with Crippen molar-refractivity contribution in [1.82, 2.24) is 9.97 Å². The number of carbonyl (C=O) groups is 1. The minimum atomic E-state index is -0.487. The zero-order valence-corrected chi connectivity index (χ0v) is 9.89. The smallest absolute Gasteiger partial charge is 0.358 e. The summed E-state index contributed by atoms with van der Waals surface area (Å²) in [5.41, 5.74) is 0.193. The SMILES string of the molecule is COC(=O)c1cnc(OCCC2CCC2)cn1. The van der Waals surface area contributed by atoms with Gasteiger partial charge in [0.25, 0.3) is 0 Å². The average molecular weight is 236 g/mol. The number of esters is 1. The van der Waals surface area contributed by atoms with Crippen LogP contribution in [-0.4, -0.2) is 29.7 Å². The second-order valence-corrected chi connectivity index (χ2v) is 4.17. The molecule has 0 N–H and O–H groups in total. The van der Waals surface area contributed by atoms with Crippen molar-refractivity contribution < 1.29 is 14.3 Å². The van der Waals surface area contributed by atoms with Crippen LogP contribution in [0.4, 0.5) is 0 Å². The van der Waals surface area contributed by atoms with Gasteiger partial charge >= 0.3 is 5.97 Å². The molecule has 0 amide bonds. The highest BCUT2D eigenvalue weighted by Crippen LogP contribution is 2.29. The second kappa shape index (κ2) is 5.61. The predicted octanol–water partition coefficient (Wildman–Crippen LogP) is 1.83. The third-order valence-electron chi connectivity index (χ3n) is 3.02. The summed E-state index contributed by atoms with van der Waals surface area (Å²) in [5, 5.41) is 0. The maximum absolute atomic E-state index is 11.1. The third kappa shape index (κ3) is 3.15. The number of aromatic nitrogens is 2. The molecule has 5 nitrogen and oxygen atoms in total. The van der Waals surface area contributed by atoms with E-state index in [1.165, 1.54) is 38.8 Å². The minimum absolute atomic E-state index is 0.193. The van der Waals surface area contributed by atoms with Crippen molar-refractivity contribution in [3.8, 4) is 5.88 Å². The molecule has 1 aromatic rings. The van der Waals surface area contributed by atoms with Crippen molar-refractivity contribution in [3.63, 3.8) is 0 Å². The quantitative estimate of drug-likeness (QED) is 0.730. The van der Waals surface area contributed by atoms with Gasteiger partial charge in [-0.1, -0.05) is 19.3 Å². The van der Waals surface area contributed by atoms with Crippen LogP contribution in [0.1, 0.15) is 36.2 Å². The second-order valence-electron chi connectivity index (χ2n) is 4.17. The molecule has 1 aliphatic carbocycles. The Morgan fingerprint density at radius 3 is 2.76 bits per heavy atom. The van der Waals surface area contributed by atoms with Crippen molar-refractivity contribution in [2.75, 3.05) is 13.7 Å². The van der Waals surface area contributed by atoms with E-state index in [1.807, 2.05) is 0 Å². The van der Waals surface area contributed by atoms with E-state index >= 15 is 0 Å². The third-order valence-corrected chi connectivity index (χ3v) is 3.02. The highest BCUT2D eigenvalue weighted by molar-refractivity contribution is 5.86. The van der Waals surface area contributed by atoms with E-state index in [0.717, 1.165) is 12.3 Å². The fourth-order valence-electron chi connectivity index (χ4n) is 1.71. The zero-order valence-electron chi connectivity index (χ0n) is 9.89. The molecule has 1 heterocycles. The van der Waals surface area contributed by atoms with Crippen LogP contribution >= 0.6 is 0 Å². The summed E-state index contributed by atoms with van der Waals surface area (Å²) in [5.74, 6) is 0.785. The molecule has 1 saturated carbocycles. The van der Waals surface area contributed by atoms with Crippen LogP contribution in [0.2, 0.25) is 0 Å². The lowest BCUT2D eigenvalue weighted by atomic mass is 9.83. The number of hydrogen-bond donors (Lipinski definition) is 0. The molecular weight excluding hydrogens is 220 g/mol. The van der Waals surface area contributed by atoms with E-state index in [4.69, 9.17) is 4.74 Å². The molecule has 0 radical (unpaired) electrons. The van der Waals surface area contributed by atoms with Crippen molar-refractivity contribution in [2.45, 2.75) is 25.7 Å². The lowest BCUT2D eigenvalue weighted by Gasteiger charge is -2.24. The number of nitrogens with zero attached hydrogens (tertiary/aromatic N) is 2. The Bertz CT molecular complexity index is 374. The molecule has 1 fully saturated rings. The first-order valence-corrected chi connectivity index (χ1v) is 5.83. The van der Waals surface area contributed by atoms with Crippen molar-refractivity contribution in [1.29, 1.82) is 0 Å². The van der Waals surface area contributed by atoms with Gasteiger partial charge in [0.1, 0.15) is 0 Å². The topological polar surface area (TPSA) is 61.3 Å². The van der Waals surface area contributed by atoms with Crippen LogP contribution in [0, 0.1) is 5.92 Å². The summed E-state index contributed by atoms with van der Waals surface area (Å²) in [7, 11) is 1.31. The fraction of sp³-hybridized carbons (Fsp3) is 0.583. The summed E-state index contributed by atoms with van der Waals surface area (Å²) in [6.45, 7) is 0.664. The van der Waals surface area contributed by atoms with Gasteiger partial charge in [-0.3, -0.25) is 0 Å². The summed E-state index contributed by atoms with van der Waals surface area (Å²) in [6, 6.07) is 0. The molecule has 0 aromatic carbocycles. The predicted molar refractivity (Wildman–Crippen MR) is 60.8 cm³/mol. The highest BCUT2D eigenvalue weighted by Gasteiger charge is 2.17. The molecule has 0 atom stereocenters. The lowest BCUT2D eigenvalue weighted by molar-refractivity contribution is 0.0593. The first kappa shape index (κ1) is 11.8. The molecule has 92 valence electrons. The Morgan fingerprint density at radius 1 is 1.41 bits per heavy atom. The molecular formula is C12H16N2O3. The Hall–Kier alpha value is -1.65. The maximum atomic E-state index is 11.1. The van der Waals surface area contributed by atoms with Crippen LogP contribution in [0.15, 0.2) is 12.4 Å². The van der Waals surface area contributed by atoms with E-state index < -0.39 is 5.97 Å². The zero-order chi connectivity index (χ0) is 12.1. The van der Waals surface area contributed by atoms with Gasteiger partial charge in [0.2, 0.25) is 5.88 Å². The number of hydrogen-bond acceptors (Lipinski definition) is 5. The monoisotopic (exact) mass is 236 g/mol. The van der Waals surface area contributed by atoms with Gasteiger partial charge in [0.15, 0.2) is 5.69 Å². The van der Waals surface area contributed by atoms with Crippen molar-refractivity contribution >= 4 is 5.97 Å². The Kier molecular flexibility index (Phi) is 3.90. The van der Waals surface area contributed by atoms with E-state index in [1.54, 1.807) is 0 Å². The molecule has 17 heavy (non-hydrogen) atoms. The normalized spacial score (nSPS) is 15.1.